The zero-order valence-electron chi connectivity index (χ0n) is 18.2. The van der Waals surface area contributed by atoms with Crippen LogP contribution in [0, 0.1) is 12.7 Å². The van der Waals surface area contributed by atoms with Crippen LogP contribution in [0.3, 0.4) is 0 Å². The molecule has 0 bridgehead atoms. The highest BCUT2D eigenvalue weighted by Gasteiger charge is 2.23. The number of thioether (sulfide) groups is 1. The van der Waals surface area contributed by atoms with Crippen molar-refractivity contribution in [2.45, 2.75) is 12.1 Å². The molecule has 3 aromatic rings. The molecule has 0 aliphatic carbocycles. The van der Waals surface area contributed by atoms with Gasteiger partial charge in [0.1, 0.15) is 5.82 Å². The largest absolute Gasteiger partial charge is 0.411 e. The number of carbonyl (C=O) groups excluding carboxylic acids is 2. The Hall–Kier alpha value is -3.24. The molecule has 8 nitrogen and oxygen atoms in total. The minimum atomic E-state index is -0.398. The highest BCUT2D eigenvalue weighted by atomic mass is 32.2. The molecule has 2 aromatic carbocycles. The Morgan fingerprint density at radius 1 is 1.09 bits per heavy atom. The van der Waals surface area contributed by atoms with E-state index in [9.17, 15) is 14.0 Å². The van der Waals surface area contributed by atoms with Crippen molar-refractivity contribution in [3.8, 4) is 11.5 Å². The number of carbonyl (C=O) groups is 2. The lowest BCUT2D eigenvalue weighted by Crippen LogP contribution is -2.50. The molecule has 1 saturated heterocycles. The van der Waals surface area contributed by atoms with Gasteiger partial charge in [-0.1, -0.05) is 35.5 Å². The van der Waals surface area contributed by atoms with E-state index < -0.39 is 5.82 Å². The number of nitrogens with one attached hydrogen (secondary N) is 1. The number of anilines is 1. The summed E-state index contributed by atoms with van der Waals surface area (Å²) in [5.41, 5.74) is 2.41. The van der Waals surface area contributed by atoms with Gasteiger partial charge in [0.2, 0.25) is 17.7 Å². The van der Waals surface area contributed by atoms with Gasteiger partial charge in [0.15, 0.2) is 0 Å². The maximum atomic E-state index is 13.2. The molecule has 0 atom stereocenters. The molecule has 1 aliphatic heterocycles. The number of aryl methyl sites for hydroxylation is 1. The van der Waals surface area contributed by atoms with Gasteiger partial charge in [0.25, 0.3) is 5.22 Å². The summed E-state index contributed by atoms with van der Waals surface area (Å²) in [4.78, 5) is 28.5. The van der Waals surface area contributed by atoms with E-state index in [1.807, 2.05) is 36.1 Å². The Morgan fingerprint density at radius 3 is 2.58 bits per heavy atom. The number of aromatic nitrogens is 2. The number of nitrogens with zero attached hydrogens (tertiary/aromatic N) is 4. The quantitative estimate of drug-likeness (QED) is 0.532. The molecule has 0 unspecified atom stereocenters. The molecule has 1 N–H and O–H groups in total. The summed E-state index contributed by atoms with van der Waals surface area (Å²) in [6.45, 7) is 4.44. The molecule has 4 rings (SSSR count). The minimum absolute atomic E-state index is 0.0149. The van der Waals surface area contributed by atoms with Gasteiger partial charge >= 0.3 is 0 Å². The van der Waals surface area contributed by atoms with Crippen LogP contribution in [0.15, 0.2) is 58.2 Å². The third kappa shape index (κ3) is 6.39. The van der Waals surface area contributed by atoms with E-state index in [2.05, 4.69) is 15.5 Å². The Balaban J connectivity index is 1.19. The van der Waals surface area contributed by atoms with Crippen molar-refractivity contribution >= 4 is 29.3 Å². The Labute approximate surface area is 195 Å². The molecule has 1 aromatic heterocycles. The standard InChI is InChI=1S/C23H24FN5O3S/c1-16-5-7-17(8-6-16)22-26-27-23(32-22)33-15-21(31)29-11-9-28(10-12-29)14-20(30)25-19-4-2-3-18(24)13-19/h2-8,13H,9-12,14-15H2,1H3,(H,25,30). The van der Waals surface area contributed by atoms with Crippen LogP contribution in [0.25, 0.3) is 11.5 Å². The number of rotatable bonds is 7. The summed E-state index contributed by atoms with van der Waals surface area (Å²) in [6, 6.07) is 13.6. The predicted octanol–water partition coefficient (Wildman–Crippen LogP) is 3.06. The summed E-state index contributed by atoms with van der Waals surface area (Å²) in [7, 11) is 0. The fourth-order valence-corrected chi connectivity index (χ4v) is 4.09. The number of benzene rings is 2. The van der Waals surface area contributed by atoms with E-state index >= 15 is 0 Å². The number of hydrogen-bond donors (Lipinski definition) is 1. The number of halogens is 1. The average molecular weight is 470 g/mol. The number of amides is 2. The van der Waals surface area contributed by atoms with Crippen LogP contribution in [0.1, 0.15) is 5.56 Å². The monoisotopic (exact) mass is 469 g/mol. The second-order valence-electron chi connectivity index (χ2n) is 7.74. The van der Waals surface area contributed by atoms with Gasteiger partial charge < -0.3 is 14.6 Å². The van der Waals surface area contributed by atoms with E-state index in [1.54, 1.807) is 17.0 Å². The van der Waals surface area contributed by atoms with E-state index in [-0.39, 0.29) is 24.1 Å². The van der Waals surface area contributed by atoms with Gasteiger partial charge in [-0.05, 0) is 37.3 Å². The minimum Gasteiger partial charge on any atom is -0.411 e. The summed E-state index contributed by atoms with van der Waals surface area (Å²) < 4.78 is 18.9. The first kappa shape index (κ1) is 22.9. The second kappa shape index (κ2) is 10.6. The van der Waals surface area contributed by atoms with Crippen LogP contribution in [-0.4, -0.2) is 70.3 Å². The molecule has 0 saturated carbocycles. The van der Waals surface area contributed by atoms with Crippen molar-refractivity contribution in [2.24, 2.45) is 0 Å². The van der Waals surface area contributed by atoms with E-state index in [0.717, 1.165) is 11.1 Å². The van der Waals surface area contributed by atoms with Crippen LogP contribution >= 0.6 is 11.8 Å². The maximum absolute atomic E-state index is 13.2. The Kier molecular flexibility index (Phi) is 7.36. The summed E-state index contributed by atoms with van der Waals surface area (Å²) in [6.07, 6.45) is 0. The van der Waals surface area contributed by atoms with Crippen molar-refractivity contribution < 1.29 is 18.4 Å². The predicted molar refractivity (Wildman–Crippen MR) is 123 cm³/mol. The van der Waals surface area contributed by atoms with E-state index in [4.69, 9.17) is 4.42 Å². The van der Waals surface area contributed by atoms with Crippen LogP contribution in [0.5, 0.6) is 0 Å². The zero-order valence-corrected chi connectivity index (χ0v) is 19.0. The van der Waals surface area contributed by atoms with Gasteiger partial charge in [-0.15, -0.1) is 10.2 Å². The lowest BCUT2D eigenvalue weighted by atomic mass is 10.1. The molecule has 0 spiro atoms. The molecular weight excluding hydrogens is 445 g/mol. The highest BCUT2D eigenvalue weighted by Crippen LogP contribution is 2.23. The van der Waals surface area contributed by atoms with Crippen LogP contribution in [0.2, 0.25) is 0 Å². The van der Waals surface area contributed by atoms with Gasteiger partial charge in [-0.2, -0.15) is 0 Å². The smallest absolute Gasteiger partial charge is 0.277 e. The van der Waals surface area contributed by atoms with Crippen molar-refractivity contribution in [3.63, 3.8) is 0 Å². The summed E-state index contributed by atoms with van der Waals surface area (Å²) in [5, 5.41) is 11.1. The molecule has 10 heteroatoms. The molecule has 2 amide bonds. The van der Waals surface area contributed by atoms with Gasteiger partial charge in [0.05, 0.1) is 12.3 Å². The molecule has 1 fully saturated rings. The molecule has 0 radical (unpaired) electrons. The fourth-order valence-electron chi connectivity index (χ4n) is 3.42. The van der Waals surface area contributed by atoms with Crippen LogP contribution < -0.4 is 5.32 Å². The number of hydrogen-bond acceptors (Lipinski definition) is 7. The Bertz CT molecular complexity index is 1110. The van der Waals surface area contributed by atoms with Crippen molar-refractivity contribution in [1.29, 1.82) is 0 Å². The second-order valence-corrected chi connectivity index (χ2v) is 8.67. The first-order valence-corrected chi connectivity index (χ1v) is 11.5. The first-order valence-electron chi connectivity index (χ1n) is 10.6. The van der Waals surface area contributed by atoms with E-state index in [1.165, 1.54) is 23.9 Å². The van der Waals surface area contributed by atoms with Crippen LogP contribution in [-0.2, 0) is 9.59 Å². The van der Waals surface area contributed by atoms with Crippen molar-refractivity contribution in [2.75, 3.05) is 43.8 Å². The number of piperazine rings is 1. The zero-order chi connectivity index (χ0) is 23.2. The molecular formula is C23H24FN5O3S. The van der Waals surface area contributed by atoms with E-state index in [0.29, 0.717) is 43.0 Å². The molecule has 172 valence electrons. The lowest BCUT2D eigenvalue weighted by Gasteiger charge is -2.34. The lowest BCUT2D eigenvalue weighted by molar-refractivity contribution is -0.130. The van der Waals surface area contributed by atoms with Crippen molar-refractivity contribution in [3.05, 3.63) is 59.9 Å². The molecule has 2 heterocycles. The normalized spacial score (nSPS) is 14.3. The third-order valence-electron chi connectivity index (χ3n) is 5.22. The topological polar surface area (TPSA) is 91.6 Å². The third-order valence-corrected chi connectivity index (χ3v) is 6.03. The van der Waals surface area contributed by atoms with Gasteiger partial charge in [-0.25, -0.2) is 4.39 Å². The Morgan fingerprint density at radius 2 is 1.85 bits per heavy atom. The summed E-state index contributed by atoms with van der Waals surface area (Å²) >= 11 is 1.21. The molecule has 1 aliphatic rings. The molecule has 33 heavy (non-hydrogen) atoms. The first-order chi connectivity index (χ1) is 16.0. The fraction of sp³-hybridized carbons (Fsp3) is 0.304. The van der Waals surface area contributed by atoms with Crippen molar-refractivity contribution in [1.82, 2.24) is 20.0 Å². The van der Waals surface area contributed by atoms with Gasteiger partial charge in [0, 0.05) is 37.4 Å². The average Bonchev–Trinajstić information content (AvgIpc) is 3.27. The SMILES string of the molecule is Cc1ccc(-c2nnc(SCC(=O)N3CCN(CC(=O)Nc4cccc(F)c4)CC3)o2)cc1. The highest BCUT2D eigenvalue weighted by molar-refractivity contribution is 7.99. The van der Waals surface area contributed by atoms with Gasteiger partial charge in [-0.3, -0.25) is 14.5 Å². The van der Waals surface area contributed by atoms with Crippen LogP contribution in [0.4, 0.5) is 10.1 Å². The summed E-state index contributed by atoms with van der Waals surface area (Å²) in [5.74, 6) is 0.00529. The maximum Gasteiger partial charge on any atom is 0.277 e.